The normalized spacial score (nSPS) is 21.8. The van der Waals surface area contributed by atoms with Gasteiger partial charge in [-0.25, -0.2) is 0 Å². The molecule has 1 unspecified atom stereocenters. The Bertz CT molecular complexity index is 167. The van der Waals surface area contributed by atoms with Crippen molar-refractivity contribution in [3.05, 3.63) is 0 Å². The summed E-state index contributed by atoms with van der Waals surface area (Å²) in [6.45, 7) is 2.18. The van der Waals surface area contributed by atoms with Crippen molar-refractivity contribution in [3.8, 4) is 0 Å². The van der Waals surface area contributed by atoms with Crippen LogP contribution in [0.3, 0.4) is 0 Å². The van der Waals surface area contributed by atoms with E-state index in [1.165, 1.54) is 19.3 Å². The van der Waals surface area contributed by atoms with E-state index in [4.69, 9.17) is 0 Å². The number of hydrogen-bond acceptors (Lipinski definition) is 3. The molecule has 1 aliphatic rings. The van der Waals surface area contributed by atoms with Gasteiger partial charge in [0, 0.05) is 0 Å². The molecule has 0 aromatic rings. The summed E-state index contributed by atoms with van der Waals surface area (Å²) in [4.78, 5) is 0. The average molecular weight is 215 g/mol. The fourth-order valence-corrected chi connectivity index (χ4v) is 2.25. The summed E-state index contributed by atoms with van der Waals surface area (Å²) in [5.74, 6) is 0. The van der Waals surface area contributed by atoms with Gasteiger partial charge in [-0.05, 0) is 38.5 Å². The van der Waals surface area contributed by atoms with Crippen LogP contribution in [0.25, 0.3) is 0 Å². The summed E-state index contributed by atoms with van der Waals surface area (Å²) in [6, 6.07) is 0. The van der Waals surface area contributed by atoms with Gasteiger partial charge in [0.25, 0.3) is 0 Å². The fraction of sp³-hybridized carbons (Fsp3) is 1.00. The van der Waals surface area contributed by atoms with Crippen molar-refractivity contribution in [2.45, 2.75) is 76.7 Å². The minimum atomic E-state index is -0.788. The van der Waals surface area contributed by atoms with E-state index in [1.807, 2.05) is 0 Å². The predicted octanol–water partition coefficient (Wildman–Crippen LogP) is 2.13. The molecule has 1 saturated carbocycles. The lowest BCUT2D eigenvalue weighted by atomic mass is 10.1. The molecule has 3 N–H and O–H groups in total. The first-order valence-electron chi connectivity index (χ1n) is 6.34. The third-order valence-electron chi connectivity index (χ3n) is 3.20. The van der Waals surface area contributed by atoms with E-state index >= 15 is 0 Å². The van der Waals surface area contributed by atoms with Crippen LogP contribution in [0.2, 0.25) is 0 Å². The SMILES string of the molecule is CCCCCCC(O)NC1(O)CCCC1. The molecule has 15 heavy (non-hydrogen) atoms. The molecule has 0 aliphatic heterocycles. The minimum absolute atomic E-state index is 0.537. The molecule has 1 atom stereocenters. The fourth-order valence-electron chi connectivity index (χ4n) is 2.25. The van der Waals surface area contributed by atoms with Crippen molar-refractivity contribution in [2.24, 2.45) is 0 Å². The molecule has 0 radical (unpaired) electrons. The monoisotopic (exact) mass is 215 g/mol. The van der Waals surface area contributed by atoms with Crippen LogP contribution < -0.4 is 5.32 Å². The quantitative estimate of drug-likeness (QED) is 0.450. The Labute approximate surface area is 92.9 Å². The Morgan fingerprint density at radius 1 is 1.20 bits per heavy atom. The van der Waals surface area contributed by atoms with Crippen LogP contribution in [0.4, 0.5) is 0 Å². The molecule has 90 valence electrons. The van der Waals surface area contributed by atoms with Gasteiger partial charge in [-0.2, -0.15) is 0 Å². The second kappa shape index (κ2) is 6.46. The zero-order valence-corrected chi connectivity index (χ0v) is 9.84. The highest BCUT2D eigenvalue weighted by Crippen LogP contribution is 2.27. The van der Waals surface area contributed by atoms with Gasteiger partial charge in [-0.1, -0.05) is 26.2 Å². The van der Waals surface area contributed by atoms with Crippen LogP contribution in [0.15, 0.2) is 0 Å². The lowest BCUT2D eigenvalue weighted by Gasteiger charge is -2.27. The van der Waals surface area contributed by atoms with E-state index in [2.05, 4.69) is 12.2 Å². The maximum Gasteiger partial charge on any atom is 0.117 e. The first kappa shape index (κ1) is 12.9. The summed E-state index contributed by atoms with van der Waals surface area (Å²) >= 11 is 0. The van der Waals surface area contributed by atoms with E-state index in [1.54, 1.807) is 0 Å². The van der Waals surface area contributed by atoms with Crippen LogP contribution in [-0.2, 0) is 0 Å². The predicted molar refractivity (Wildman–Crippen MR) is 61.3 cm³/mol. The van der Waals surface area contributed by atoms with E-state index in [0.717, 1.165) is 38.5 Å². The van der Waals surface area contributed by atoms with E-state index in [-0.39, 0.29) is 0 Å². The van der Waals surface area contributed by atoms with Gasteiger partial charge in [-0.15, -0.1) is 0 Å². The van der Waals surface area contributed by atoms with Crippen molar-refractivity contribution in [2.75, 3.05) is 0 Å². The lowest BCUT2D eigenvalue weighted by Crippen LogP contribution is -2.48. The zero-order chi connectivity index (χ0) is 11.1. The van der Waals surface area contributed by atoms with Gasteiger partial charge in [0.2, 0.25) is 0 Å². The minimum Gasteiger partial charge on any atom is -0.379 e. The molecule has 0 aromatic heterocycles. The molecule has 1 fully saturated rings. The van der Waals surface area contributed by atoms with Crippen LogP contribution in [0.5, 0.6) is 0 Å². The molecule has 0 heterocycles. The summed E-state index contributed by atoms with van der Waals surface area (Å²) in [5, 5.41) is 22.6. The Kier molecular flexibility index (Phi) is 5.58. The summed E-state index contributed by atoms with van der Waals surface area (Å²) in [5.41, 5.74) is -0.788. The Morgan fingerprint density at radius 2 is 1.87 bits per heavy atom. The third kappa shape index (κ3) is 4.96. The highest BCUT2D eigenvalue weighted by atomic mass is 16.3. The van der Waals surface area contributed by atoms with Crippen molar-refractivity contribution in [3.63, 3.8) is 0 Å². The van der Waals surface area contributed by atoms with E-state index in [9.17, 15) is 10.2 Å². The molecular weight excluding hydrogens is 190 g/mol. The number of aliphatic hydroxyl groups is 2. The zero-order valence-electron chi connectivity index (χ0n) is 9.84. The van der Waals surface area contributed by atoms with Gasteiger partial charge >= 0.3 is 0 Å². The van der Waals surface area contributed by atoms with Gasteiger partial charge in [0.1, 0.15) is 12.0 Å². The van der Waals surface area contributed by atoms with Gasteiger partial charge in [0.05, 0.1) is 0 Å². The molecule has 1 aliphatic carbocycles. The van der Waals surface area contributed by atoms with Crippen LogP contribution in [0, 0.1) is 0 Å². The maximum atomic E-state index is 9.99. The summed E-state index contributed by atoms with van der Waals surface area (Å²) in [7, 11) is 0. The molecule has 0 spiro atoms. The van der Waals surface area contributed by atoms with Gasteiger partial charge in [-0.3, -0.25) is 5.32 Å². The Balaban J connectivity index is 2.09. The van der Waals surface area contributed by atoms with Crippen molar-refractivity contribution in [1.29, 1.82) is 0 Å². The van der Waals surface area contributed by atoms with Crippen molar-refractivity contribution in [1.82, 2.24) is 5.32 Å². The maximum absolute atomic E-state index is 9.99. The average Bonchev–Trinajstić information content (AvgIpc) is 2.59. The highest BCUT2D eigenvalue weighted by Gasteiger charge is 2.32. The molecule has 0 aromatic carbocycles. The Morgan fingerprint density at radius 3 is 2.47 bits per heavy atom. The summed E-state index contributed by atoms with van der Waals surface area (Å²) < 4.78 is 0. The van der Waals surface area contributed by atoms with Crippen LogP contribution in [-0.4, -0.2) is 22.2 Å². The third-order valence-corrected chi connectivity index (χ3v) is 3.20. The standard InChI is InChI=1S/C12H25NO2/c1-2-3-4-5-8-11(14)13-12(15)9-6-7-10-12/h11,13-15H,2-10H2,1H3. The van der Waals surface area contributed by atoms with Crippen molar-refractivity contribution < 1.29 is 10.2 Å². The second-order valence-electron chi connectivity index (χ2n) is 4.75. The lowest BCUT2D eigenvalue weighted by molar-refractivity contribution is -0.0441. The summed E-state index contributed by atoms with van der Waals surface area (Å²) in [6.07, 6.45) is 8.55. The van der Waals surface area contributed by atoms with Crippen molar-refractivity contribution >= 4 is 0 Å². The largest absolute Gasteiger partial charge is 0.379 e. The first-order chi connectivity index (χ1) is 7.16. The number of hydrogen-bond donors (Lipinski definition) is 3. The molecule has 1 rings (SSSR count). The number of unbranched alkanes of at least 4 members (excludes halogenated alkanes) is 3. The molecule has 0 bridgehead atoms. The highest BCUT2D eigenvalue weighted by molar-refractivity contribution is 4.82. The number of nitrogens with one attached hydrogen (secondary N) is 1. The van der Waals surface area contributed by atoms with Crippen LogP contribution >= 0.6 is 0 Å². The molecule has 0 amide bonds. The number of rotatable bonds is 7. The Hall–Kier alpha value is -0.120. The van der Waals surface area contributed by atoms with E-state index in [0.29, 0.717) is 0 Å². The number of aliphatic hydroxyl groups excluding tert-OH is 1. The van der Waals surface area contributed by atoms with Gasteiger partial charge < -0.3 is 10.2 Å². The molecular formula is C12H25NO2. The second-order valence-corrected chi connectivity index (χ2v) is 4.75. The topological polar surface area (TPSA) is 52.5 Å². The van der Waals surface area contributed by atoms with Crippen LogP contribution in [0.1, 0.15) is 64.7 Å². The first-order valence-corrected chi connectivity index (χ1v) is 6.34. The molecule has 0 saturated heterocycles. The van der Waals surface area contributed by atoms with E-state index < -0.39 is 12.0 Å². The molecule has 3 heteroatoms. The molecule has 3 nitrogen and oxygen atoms in total. The van der Waals surface area contributed by atoms with Gasteiger partial charge in [0.15, 0.2) is 0 Å². The smallest absolute Gasteiger partial charge is 0.117 e.